The molecular formula is C24H30N2O7S. The van der Waals surface area contributed by atoms with Gasteiger partial charge >= 0.3 is 5.97 Å². The Morgan fingerprint density at radius 3 is 2.18 bits per heavy atom. The van der Waals surface area contributed by atoms with Crippen molar-refractivity contribution in [1.29, 1.82) is 0 Å². The standard InChI is InChI=1S/C24H30N2O7S/c1-16-11-17(2)14-26(13-16)34(29,30)20-8-5-18(6-9-20)24(28)33-15-23(27)25-19-7-10-21(31-3)22(12-19)32-4/h5-10,12,16-17H,11,13-15H2,1-4H3,(H,25,27)/t16-,17-/m0/s1. The second-order valence-electron chi connectivity index (χ2n) is 8.49. The van der Waals surface area contributed by atoms with E-state index in [2.05, 4.69) is 5.32 Å². The first-order valence-electron chi connectivity index (χ1n) is 10.9. The number of ether oxygens (including phenoxy) is 3. The number of nitrogens with zero attached hydrogens (tertiary/aromatic N) is 1. The van der Waals surface area contributed by atoms with Crippen molar-refractivity contribution in [3.8, 4) is 11.5 Å². The third-order valence-corrected chi connectivity index (χ3v) is 7.41. The summed E-state index contributed by atoms with van der Waals surface area (Å²) in [6, 6.07) is 10.4. The molecule has 0 spiro atoms. The molecule has 0 radical (unpaired) electrons. The van der Waals surface area contributed by atoms with Crippen LogP contribution in [-0.2, 0) is 19.6 Å². The number of benzene rings is 2. The van der Waals surface area contributed by atoms with E-state index < -0.39 is 28.5 Å². The van der Waals surface area contributed by atoms with Crippen molar-refractivity contribution in [3.63, 3.8) is 0 Å². The summed E-state index contributed by atoms with van der Waals surface area (Å²) in [5.74, 6) is 0.276. The lowest BCUT2D eigenvalue weighted by Gasteiger charge is -2.34. The first-order valence-corrected chi connectivity index (χ1v) is 12.4. The van der Waals surface area contributed by atoms with Gasteiger partial charge in [0.2, 0.25) is 10.0 Å². The van der Waals surface area contributed by atoms with Gasteiger partial charge in [-0.2, -0.15) is 4.31 Å². The Kier molecular flexibility index (Phi) is 8.16. The van der Waals surface area contributed by atoms with E-state index in [1.807, 2.05) is 13.8 Å². The Morgan fingerprint density at radius 2 is 1.59 bits per heavy atom. The molecule has 1 aliphatic heterocycles. The van der Waals surface area contributed by atoms with E-state index in [-0.39, 0.29) is 22.3 Å². The van der Waals surface area contributed by atoms with Crippen molar-refractivity contribution < 1.29 is 32.2 Å². The van der Waals surface area contributed by atoms with Crippen LogP contribution in [0.1, 0.15) is 30.6 Å². The van der Waals surface area contributed by atoms with Crippen LogP contribution in [0.3, 0.4) is 0 Å². The molecule has 1 N–H and O–H groups in total. The molecule has 1 heterocycles. The van der Waals surface area contributed by atoms with E-state index in [1.54, 1.807) is 18.2 Å². The van der Waals surface area contributed by atoms with Crippen LogP contribution >= 0.6 is 0 Å². The number of hydrogen-bond donors (Lipinski definition) is 1. The Bertz CT molecular complexity index is 1120. The highest BCUT2D eigenvalue weighted by Crippen LogP contribution is 2.30. The first-order chi connectivity index (χ1) is 16.1. The minimum atomic E-state index is -3.64. The van der Waals surface area contributed by atoms with Crippen molar-refractivity contribution in [3.05, 3.63) is 48.0 Å². The molecule has 2 aromatic rings. The lowest BCUT2D eigenvalue weighted by molar-refractivity contribution is -0.119. The number of carbonyl (C=O) groups is 2. The number of amides is 1. The molecule has 0 unspecified atom stereocenters. The SMILES string of the molecule is COc1ccc(NC(=O)COC(=O)c2ccc(S(=O)(=O)N3C[C@@H](C)C[C@H](C)C3)cc2)cc1OC. The predicted octanol–water partition coefficient (Wildman–Crippen LogP) is 3.17. The maximum atomic E-state index is 13.0. The fourth-order valence-corrected chi connectivity index (χ4v) is 5.72. The molecule has 0 bridgehead atoms. The Hall–Kier alpha value is -3.11. The fraction of sp³-hybridized carbons (Fsp3) is 0.417. The van der Waals surface area contributed by atoms with Gasteiger partial charge in [-0.1, -0.05) is 13.8 Å². The highest BCUT2D eigenvalue weighted by molar-refractivity contribution is 7.89. The van der Waals surface area contributed by atoms with Crippen molar-refractivity contribution in [2.45, 2.75) is 25.2 Å². The minimum Gasteiger partial charge on any atom is -0.493 e. The van der Waals surface area contributed by atoms with Gasteiger partial charge in [0, 0.05) is 24.8 Å². The fourth-order valence-electron chi connectivity index (χ4n) is 4.04. The second-order valence-corrected chi connectivity index (χ2v) is 10.4. The highest BCUT2D eigenvalue weighted by Gasteiger charge is 2.31. The number of nitrogens with one attached hydrogen (secondary N) is 1. The molecule has 34 heavy (non-hydrogen) atoms. The summed E-state index contributed by atoms with van der Waals surface area (Å²) in [4.78, 5) is 24.6. The molecule has 2 aromatic carbocycles. The smallest absolute Gasteiger partial charge is 0.338 e. The van der Waals surface area contributed by atoms with Crippen LogP contribution in [0.15, 0.2) is 47.4 Å². The molecular weight excluding hydrogens is 460 g/mol. The van der Waals surface area contributed by atoms with Crippen LogP contribution < -0.4 is 14.8 Å². The van der Waals surface area contributed by atoms with Crippen LogP contribution in [0.25, 0.3) is 0 Å². The monoisotopic (exact) mass is 490 g/mol. The second kappa shape index (κ2) is 10.9. The number of anilines is 1. The van der Waals surface area contributed by atoms with E-state index in [1.165, 1.54) is 42.8 Å². The summed E-state index contributed by atoms with van der Waals surface area (Å²) >= 11 is 0. The van der Waals surface area contributed by atoms with Crippen molar-refractivity contribution >= 4 is 27.6 Å². The number of rotatable bonds is 8. The molecule has 9 nitrogen and oxygen atoms in total. The Balaban J connectivity index is 1.58. The largest absolute Gasteiger partial charge is 0.493 e. The quantitative estimate of drug-likeness (QED) is 0.566. The Labute approximate surface area is 200 Å². The van der Waals surface area contributed by atoms with Gasteiger partial charge in [0.1, 0.15) is 0 Å². The van der Waals surface area contributed by atoms with Gasteiger partial charge in [0.15, 0.2) is 18.1 Å². The average Bonchev–Trinajstić information content (AvgIpc) is 2.81. The van der Waals surface area contributed by atoms with Gasteiger partial charge in [-0.15, -0.1) is 0 Å². The van der Waals surface area contributed by atoms with Gasteiger partial charge in [-0.3, -0.25) is 4.79 Å². The molecule has 10 heteroatoms. The van der Waals surface area contributed by atoms with Gasteiger partial charge < -0.3 is 19.5 Å². The van der Waals surface area contributed by atoms with E-state index in [4.69, 9.17) is 14.2 Å². The van der Waals surface area contributed by atoms with Gasteiger partial charge in [0.25, 0.3) is 5.91 Å². The molecule has 184 valence electrons. The summed E-state index contributed by atoms with van der Waals surface area (Å²) in [5.41, 5.74) is 0.604. The van der Waals surface area contributed by atoms with Crippen LogP contribution in [0.2, 0.25) is 0 Å². The maximum absolute atomic E-state index is 13.0. The highest BCUT2D eigenvalue weighted by atomic mass is 32.2. The third kappa shape index (κ3) is 6.06. The van der Waals surface area contributed by atoms with E-state index in [0.717, 1.165) is 6.42 Å². The maximum Gasteiger partial charge on any atom is 0.338 e. The zero-order valence-electron chi connectivity index (χ0n) is 19.7. The molecule has 0 aromatic heterocycles. The van der Waals surface area contributed by atoms with Crippen LogP contribution in [-0.4, -0.2) is 58.5 Å². The number of hydrogen-bond acceptors (Lipinski definition) is 7. The summed E-state index contributed by atoms with van der Waals surface area (Å²) in [6.07, 6.45) is 0.996. The number of piperidine rings is 1. The normalized spacial score (nSPS) is 18.7. The van der Waals surface area contributed by atoms with Crippen molar-refractivity contribution in [2.75, 3.05) is 39.2 Å². The van der Waals surface area contributed by atoms with Crippen molar-refractivity contribution in [1.82, 2.24) is 4.31 Å². The molecule has 2 atom stereocenters. The minimum absolute atomic E-state index is 0.122. The topological polar surface area (TPSA) is 111 Å². The zero-order chi connectivity index (χ0) is 24.9. The molecule has 1 amide bonds. The van der Waals surface area contributed by atoms with Crippen LogP contribution in [0, 0.1) is 11.8 Å². The summed E-state index contributed by atoms with van der Waals surface area (Å²) in [5, 5.41) is 2.61. The zero-order valence-corrected chi connectivity index (χ0v) is 20.6. The lowest BCUT2D eigenvalue weighted by atomic mass is 9.94. The van der Waals surface area contributed by atoms with Crippen LogP contribution in [0.5, 0.6) is 11.5 Å². The molecule has 3 rings (SSSR count). The molecule has 0 aliphatic carbocycles. The van der Waals surface area contributed by atoms with Gasteiger partial charge in [0.05, 0.1) is 24.7 Å². The third-order valence-electron chi connectivity index (χ3n) is 5.56. The molecule has 1 fully saturated rings. The van der Waals surface area contributed by atoms with Gasteiger partial charge in [-0.25, -0.2) is 13.2 Å². The summed E-state index contributed by atoms with van der Waals surface area (Å²) < 4.78 is 42.9. The van der Waals surface area contributed by atoms with Gasteiger partial charge in [-0.05, 0) is 54.7 Å². The van der Waals surface area contributed by atoms with Crippen molar-refractivity contribution in [2.24, 2.45) is 11.8 Å². The molecule has 1 saturated heterocycles. The number of sulfonamides is 1. The average molecular weight is 491 g/mol. The number of carbonyl (C=O) groups excluding carboxylic acids is 2. The van der Waals surface area contributed by atoms with Crippen LogP contribution in [0.4, 0.5) is 5.69 Å². The Morgan fingerprint density at radius 1 is 0.971 bits per heavy atom. The molecule has 0 saturated carbocycles. The molecule has 1 aliphatic rings. The first kappa shape index (κ1) is 25.5. The van der Waals surface area contributed by atoms with E-state index in [9.17, 15) is 18.0 Å². The lowest BCUT2D eigenvalue weighted by Crippen LogP contribution is -2.42. The predicted molar refractivity (Wildman–Crippen MR) is 127 cm³/mol. The van der Waals surface area contributed by atoms with E-state index in [0.29, 0.717) is 30.3 Å². The van der Waals surface area contributed by atoms with E-state index >= 15 is 0 Å². The number of methoxy groups -OCH3 is 2. The summed E-state index contributed by atoms with van der Waals surface area (Å²) in [7, 11) is -0.656. The summed E-state index contributed by atoms with van der Waals surface area (Å²) in [6.45, 7) is 4.53. The number of esters is 1.